The highest BCUT2D eigenvalue weighted by Crippen LogP contribution is 2.26. The van der Waals surface area contributed by atoms with Gasteiger partial charge in [0.25, 0.3) is 5.91 Å². The van der Waals surface area contributed by atoms with Crippen LogP contribution in [0, 0.1) is 5.92 Å². The molecule has 0 aromatic heterocycles. The number of amides is 1. The van der Waals surface area contributed by atoms with Gasteiger partial charge in [0.1, 0.15) is 0 Å². The number of carbonyl (C=O) groups is 1. The second-order valence-electron chi connectivity index (χ2n) is 9.44. The Kier molecular flexibility index (Phi) is 6.51. The van der Waals surface area contributed by atoms with Crippen LogP contribution in [0.3, 0.4) is 0 Å². The second kappa shape index (κ2) is 8.97. The first-order valence-corrected chi connectivity index (χ1v) is 13.1. The number of quaternary nitrogens is 1. The van der Waals surface area contributed by atoms with Crippen molar-refractivity contribution in [1.29, 1.82) is 0 Å². The Labute approximate surface area is 181 Å². The number of nitrogens with one attached hydrogen (secondary N) is 2. The maximum Gasteiger partial charge on any atom is 0.278 e. The van der Waals surface area contributed by atoms with Crippen molar-refractivity contribution < 1.29 is 18.1 Å². The minimum absolute atomic E-state index is 0.110. The van der Waals surface area contributed by atoms with E-state index in [1.165, 1.54) is 35.3 Å². The number of hydrogen-bond donors (Lipinski definition) is 2. The number of aryl methyl sites for hydroxylation is 2. The Bertz CT molecular complexity index is 878. The summed E-state index contributed by atoms with van der Waals surface area (Å²) < 4.78 is 27.9. The van der Waals surface area contributed by atoms with E-state index in [-0.39, 0.29) is 18.0 Å². The zero-order valence-corrected chi connectivity index (χ0v) is 19.1. The van der Waals surface area contributed by atoms with E-state index in [9.17, 15) is 13.2 Å². The summed E-state index contributed by atoms with van der Waals surface area (Å²) >= 11 is 0. The highest BCUT2D eigenvalue weighted by Gasteiger charge is 2.36. The lowest BCUT2D eigenvalue weighted by Crippen LogP contribution is -3.19. The van der Waals surface area contributed by atoms with Gasteiger partial charge in [-0.15, -0.1) is 0 Å². The van der Waals surface area contributed by atoms with Crippen LogP contribution in [0.2, 0.25) is 0 Å². The zero-order valence-electron chi connectivity index (χ0n) is 18.3. The van der Waals surface area contributed by atoms with Gasteiger partial charge in [-0.3, -0.25) is 4.79 Å². The SMILES string of the molecule is C[C@@H]1CCCC[C@@H]1NC(=O)[C@@H](C)[NH+]1CCN(S(=O)(=O)c2ccc3c(c2)CCC3)CC1. The van der Waals surface area contributed by atoms with Crippen LogP contribution in [-0.2, 0) is 27.7 Å². The minimum atomic E-state index is -3.46. The predicted octanol–water partition coefficient (Wildman–Crippen LogP) is 1.15. The van der Waals surface area contributed by atoms with Gasteiger partial charge in [0.2, 0.25) is 10.0 Å². The molecular formula is C23H36N3O3S+. The highest BCUT2D eigenvalue weighted by atomic mass is 32.2. The zero-order chi connectivity index (χ0) is 21.3. The van der Waals surface area contributed by atoms with E-state index in [1.54, 1.807) is 10.4 Å². The number of carbonyl (C=O) groups excluding carboxylic acids is 1. The molecule has 7 heteroatoms. The van der Waals surface area contributed by atoms with Gasteiger partial charge in [-0.05, 0) is 68.2 Å². The van der Waals surface area contributed by atoms with Crippen molar-refractivity contribution in [3.63, 3.8) is 0 Å². The summed E-state index contributed by atoms with van der Waals surface area (Å²) in [6.45, 7) is 6.46. The van der Waals surface area contributed by atoms with Gasteiger partial charge in [0, 0.05) is 6.04 Å². The van der Waals surface area contributed by atoms with Crippen LogP contribution in [0.4, 0.5) is 0 Å². The molecule has 30 heavy (non-hydrogen) atoms. The van der Waals surface area contributed by atoms with E-state index in [1.807, 2.05) is 19.1 Å². The quantitative estimate of drug-likeness (QED) is 0.730. The average Bonchev–Trinajstić information content (AvgIpc) is 3.23. The molecule has 4 rings (SSSR count). The largest absolute Gasteiger partial charge is 0.348 e. The first-order valence-electron chi connectivity index (χ1n) is 11.6. The van der Waals surface area contributed by atoms with Gasteiger partial charge in [-0.2, -0.15) is 4.31 Å². The number of piperazine rings is 1. The summed E-state index contributed by atoms with van der Waals surface area (Å²) in [4.78, 5) is 14.4. The molecule has 1 saturated heterocycles. The molecule has 3 aliphatic rings. The maximum atomic E-state index is 13.1. The van der Waals surface area contributed by atoms with E-state index < -0.39 is 10.0 Å². The third-order valence-electron chi connectivity index (χ3n) is 7.52. The molecule has 1 saturated carbocycles. The number of fused-ring (bicyclic) bond motifs is 1. The molecule has 3 atom stereocenters. The van der Waals surface area contributed by atoms with Crippen molar-refractivity contribution in [3.05, 3.63) is 29.3 Å². The average molecular weight is 435 g/mol. The molecule has 6 nitrogen and oxygen atoms in total. The molecule has 2 N–H and O–H groups in total. The summed E-state index contributed by atoms with van der Waals surface area (Å²) in [6.07, 6.45) is 7.85. The van der Waals surface area contributed by atoms with Crippen molar-refractivity contribution in [2.75, 3.05) is 26.2 Å². The van der Waals surface area contributed by atoms with Crippen LogP contribution in [0.5, 0.6) is 0 Å². The van der Waals surface area contributed by atoms with E-state index in [0.717, 1.165) is 25.7 Å². The molecule has 166 valence electrons. The summed E-state index contributed by atoms with van der Waals surface area (Å²) in [6, 6.07) is 5.76. The Hall–Kier alpha value is -1.44. The Balaban J connectivity index is 1.34. The topological polar surface area (TPSA) is 70.9 Å². The summed E-state index contributed by atoms with van der Waals surface area (Å²) in [5.74, 6) is 0.651. The Morgan fingerprint density at radius 2 is 1.80 bits per heavy atom. The van der Waals surface area contributed by atoms with Crippen molar-refractivity contribution in [2.24, 2.45) is 5.92 Å². The first kappa shape index (κ1) is 21.8. The van der Waals surface area contributed by atoms with Gasteiger partial charge in [-0.1, -0.05) is 25.8 Å². The van der Waals surface area contributed by atoms with Gasteiger partial charge in [0.05, 0.1) is 31.1 Å². The van der Waals surface area contributed by atoms with E-state index in [4.69, 9.17) is 0 Å². The molecule has 2 fully saturated rings. The fourth-order valence-electron chi connectivity index (χ4n) is 5.33. The van der Waals surface area contributed by atoms with Crippen molar-refractivity contribution in [1.82, 2.24) is 9.62 Å². The fraction of sp³-hybridized carbons (Fsp3) is 0.696. The van der Waals surface area contributed by atoms with Gasteiger partial charge in [0.15, 0.2) is 6.04 Å². The standard InChI is InChI=1S/C23H35N3O3S/c1-17-6-3-4-9-22(17)24-23(27)18(2)25-12-14-26(15-13-25)30(28,29)21-11-10-19-7-5-8-20(19)16-21/h10-11,16-18,22H,3-9,12-15H2,1-2H3,(H,24,27)/p+1/t17-,18-,22+/m1/s1. The molecule has 1 amide bonds. The molecule has 0 bridgehead atoms. The van der Waals surface area contributed by atoms with E-state index in [2.05, 4.69) is 12.2 Å². The van der Waals surface area contributed by atoms with Crippen molar-refractivity contribution >= 4 is 15.9 Å². The van der Waals surface area contributed by atoms with Crippen molar-refractivity contribution in [2.45, 2.75) is 75.8 Å². The lowest BCUT2D eigenvalue weighted by Gasteiger charge is -2.36. The molecule has 1 aromatic rings. The van der Waals surface area contributed by atoms with Gasteiger partial charge in [-0.25, -0.2) is 8.42 Å². The lowest BCUT2D eigenvalue weighted by molar-refractivity contribution is -0.917. The summed E-state index contributed by atoms with van der Waals surface area (Å²) in [7, 11) is -3.46. The predicted molar refractivity (Wildman–Crippen MR) is 117 cm³/mol. The Morgan fingerprint density at radius 1 is 1.10 bits per heavy atom. The molecule has 1 heterocycles. The normalized spacial score (nSPS) is 26.9. The molecule has 1 aromatic carbocycles. The number of sulfonamides is 1. The maximum absolute atomic E-state index is 13.1. The first-order chi connectivity index (χ1) is 14.4. The number of rotatable bonds is 5. The minimum Gasteiger partial charge on any atom is -0.348 e. The summed E-state index contributed by atoms with van der Waals surface area (Å²) in [5.41, 5.74) is 2.47. The number of nitrogens with zero attached hydrogens (tertiary/aromatic N) is 1. The molecule has 0 unspecified atom stereocenters. The van der Waals surface area contributed by atoms with E-state index >= 15 is 0 Å². The molecule has 1 aliphatic heterocycles. The van der Waals surface area contributed by atoms with Gasteiger partial charge < -0.3 is 10.2 Å². The highest BCUT2D eigenvalue weighted by molar-refractivity contribution is 7.89. The number of benzene rings is 1. The third kappa shape index (κ3) is 4.43. The van der Waals surface area contributed by atoms with Crippen molar-refractivity contribution in [3.8, 4) is 0 Å². The van der Waals surface area contributed by atoms with Crippen LogP contribution >= 0.6 is 0 Å². The molecule has 2 aliphatic carbocycles. The van der Waals surface area contributed by atoms with E-state index in [0.29, 0.717) is 37.0 Å². The third-order valence-corrected chi connectivity index (χ3v) is 9.41. The molecular weight excluding hydrogens is 398 g/mol. The van der Waals surface area contributed by atoms with Crippen LogP contribution in [0.1, 0.15) is 57.1 Å². The number of hydrogen-bond acceptors (Lipinski definition) is 3. The molecule has 0 radical (unpaired) electrons. The van der Waals surface area contributed by atoms with Crippen LogP contribution in [0.25, 0.3) is 0 Å². The Morgan fingerprint density at radius 3 is 2.53 bits per heavy atom. The van der Waals surface area contributed by atoms with Crippen LogP contribution in [-0.4, -0.2) is 56.9 Å². The second-order valence-corrected chi connectivity index (χ2v) is 11.4. The van der Waals surface area contributed by atoms with Crippen LogP contribution < -0.4 is 10.2 Å². The summed E-state index contributed by atoms with van der Waals surface area (Å²) in [5, 5.41) is 3.27. The monoisotopic (exact) mass is 434 g/mol. The molecule has 0 spiro atoms. The lowest BCUT2D eigenvalue weighted by atomic mass is 9.86. The van der Waals surface area contributed by atoms with Crippen LogP contribution in [0.15, 0.2) is 23.1 Å². The smallest absolute Gasteiger partial charge is 0.278 e. The fourth-order valence-corrected chi connectivity index (χ4v) is 6.82. The van der Waals surface area contributed by atoms with Gasteiger partial charge >= 0.3 is 0 Å².